The molecule has 1 atom stereocenters. The van der Waals surface area contributed by atoms with E-state index in [0.717, 1.165) is 22.6 Å². The number of para-hydroxylation sites is 1. The summed E-state index contributed by atoms with van der Waals surface area (Å²) < 4.78 is 33.0. The third kappa shape index (κ3) is 4.05. The lowest BCUT2D eigenvalue weighted by atomic mass is 10.1. The summed E-state index contributed by atoms with van der Waals surface area (Å²) in [5, 5.41) is 0. The minimum atomic E-state index is -3.72. The van der Waals surface area contributed by atoms with E-state index in [9.17, 15) is 18.0 Å². The average Bonchev–Trinajstić information content (AvgIpc) is 3.16. The second-order valence-electron chi connectivity index (χ2n) is 8.36. The molecule has 174 valence electrons. The number of anilines is 2. The lowest BCUT2D eigenvalue weighted by molar-refractivity contribution is -0.121. The molecule has 2 aromatic rings. The number of nitrogens with zero attached hydrogens (tertiary/aromatic N) is 3. The summed E-state index contributed by atoms with van der Waals surface area (Å²) in [6.45, 7) is 3.16. The lowest BCUT2D eigenvalue weighted by Crippen LogP contribution is -2.47. The summed E-state index contributed by atoms with van der Waals surface area (Å²) in [4.78, 5) is 30.3. The van der Waals surface area contributed by atoms with Crippen LogP contribution in [0.25, 0.3) is 0 Å². The van der Waals surface area contributed by atoms with Crippen LogP contribution in [-0.4, -0.2) is 69.2 Å². The van der Waals surface area contributed by atoms with E-state index in [1.54, 1.807) is 17.0 Å². The van der Waals surface area contributed by atoms with Crippen molar-refractivity contribution >= 4 is 45.0 Å². The van der Waals surface area contributed by atoms with Crippen LogP contribution in [0.5, 0.6) is 0 Å². The van der Waals surface area contributed by atoms with Crippen LogP contribution in [0.4, 0.5) is 11.4 Å². The Hall–Kier alpha value is -2.40. The molecule has 0 unspecified atom stereocenters. The highest BCUT2D eigenvalue weighted by Crippen LogP contribution is 2.38. The molecule has 33 heavy (non-hydrogen) atoms. The van der Waals surface area contributed by atoms with Crippen LogP contribution in [0.15, 0.2) is 52.3 Å². The highest BCUT2D eigenvalue weighted by atomic mass is 32.2. The van der Waals surface area contributed by atoms with Crippen LogP contribution >= 0.6 is 11.8 Å². The van der Waals surface area contributed by atoms with Gasteiger partial charge in [0, 0.05) is 29.7 Å². The topological polar surface area (TPSA) is 87.2 Å². The smallest absolute Gasteiger partial charge is 0.247 e. The average molecular weight is 488 g/mol. The summed E-state index contributed by atoms with van der Waals surface area (Å²) >= 11 is 1.36. The van der Waals surface area contributed by atoms with Crippen LogP contribution in [0.1, 0.15) is 12.5 Å². The number of benzene rings is 2. The van der Waals surface area contributed by atoms with Crippen molar-refractivity contribution in [1.82, 2.24) is 4.31 Å². The molecule has 5 rings (SSSR count). The van der Waals surface area contributed by atoms with Crippen molar-refractivity contribution in [3.8, 4) is 0 Å². The molecule has 0 saturated carbocycles. The van der Waals surface area contributed by atoms with Gasteiger partial charge in [0.25, 0.3) is 0 Å². The second kappa shape index (κ2) is 8.75. The molecule has 8 nitrogen and oxygen atoms in total. The van der Waals surface area contributed by atoms with E-state index in [1.165, 1.54) is 27.0 Å². The molecular formula is C23H25N3O5S2. The first kappa shape index (κ1) is 22.4. The quantitative estimate of drug-likeness (QED) is 0.657. The van der Waals surface area contributed by atoms with Gasteiger partial charge >= 0.3 is 0 Å². The third-order valence-corrected chi connectivity index (χ3v) is 9.19. The summed E-state index contributed by atoms with van der Waals surface area (Å²) in [5.41, 5.74) is 2.45. The molecule has 2 amide bonds. The summed E-state index contributed by atoms with van der Waals surface area (Å²) in [6, 6.07) is 12.6. The van der Waals surface area contributed by atoms with E-state index in [1.807, 2.05) is 31.2 Å². The van der Waals surface area contributed by atoms with Crippen LogP contribution in [-0.2, 0) is 30.8 Å². The standard InChI is InChI=1S/C23H25N3O5S2/c1-16-12-17-4-2-3-5-19(17)26(16)22(27)14-25-20-13-18(6-7-21(20)32-15-23(25)28)33(29,30)24-8-10-31-11-9-24/h2-7,13,16H,8-12,14-15H2,1H3/t16-/m1/s1. The monoisotopic (exact) mass is 487 g/mol. The number of thioether (sulfide) groups is 1. The Kier molecular flexibility index (Phi) is 5.94. The minimum absolute atomic E-state index is 0.00308. The fourth-order valence-electron chi connectivity index (χ4n) is 4.61. The van der Waals surface area contributed by atoms with E-state index in [0.29, 0.717) is 32.0 Å². The molecular weight excluding hydrogens is 462 g/mol. The van der Waals surface area contributed by atoms with Crippen LogP contribution in [0.2, 0.25) is 0 Å². The van der Waals surface area contributed by atoms with E-state index in [-0.39, 0.29) is 35.0 Å². The Morgan fingerprint density at radius 3 is 2.67 bits per heavy atom. The molecule has 3 aliphatic rings. The Bertz CT molecular complexity index is 1210. The van der Waals surface area contributed by atoms with Crippen molar-refractivity contribution in [1.29, 1.82) is 0 Å². The van der Waals surface area contributed by atoms with Gasteiger partial charge in [0.1, 0.15) is 6.54 Å². The number of hydrogen-bond donors (Lipinski definition) is 0. The van der Waals surface area contributed by atoms with Crippen molar-refractivity contribution in [2.75, 3.05) is 48.4 Å². The predicted molar refractivity (Wildman–Crippen MR) is 126 cm³/mol. The van der Waals surface area contributed by atoms with Gasteiger partial charge in [0.05, 0.1) is 29.5 Å². The number of carbonyl (C=O) groups excluding carboxylic acids is 2. The zero-order valence-electron chi connectivity index (χ0n) is 18.3. The summed E-state index contributed by atoms with van der Waals surface area (Å²) in [6.07, 6.45) is 0.768. The van der Waals surface area contributed by atoms with Gasteiger partial charge in [-0.1, -0.05) is 18.2 Å². The fourth-order valence-corrected chi connectivity index (χ4v) is 6.95. The van der Waals surface area contributed by atoms with Crippen molar-refractivity contribution < 1.29 is 22.7 Å². The first-order valence-corrected chi connectivity index (χ1v) is 13.3. The van der Waals surface area contributed by atoms with Crippen LogP contribution in [0, 0.1) is 0 Å². The number of hydrogen-bond acceptors (Lipinski definition) is 6. The van der Waals surface area contributed by atoms with Crippen LogP contribution < -0.4 is 9.80 Å². The number of amides is 2. The Morgan fingerprint density at radius 2 is 1.88 bits per heavy atom. The molecule has 3 aliphatic heterocycles. The predicted octanol–water partition coefficient (Wildman–Crippen LogP) is 2.12. The van der Waals surface area contributed by atoms with Gasteiger partial charge in [0.2, 0.25) is 21.8 Å². The number of morpholine rings is 1. The maximum absolute atomic E-state index is 13.4. The highest BCUT2D eigenvalue weighted by molar-refractivity contribution is 8.00. The molecule has 0 spiro atoms. The Balaban J connectivity index is 1.45. The Labute approximate surface area is 197 Å². The van der Waals surface area contributed by atoms with Crippen molar-refractivity contribution in [3.05, 3.63) is 48.0 Å². The first-order chi connectivity index (χ1) is 15.9. The molecule has 3 heterocycles. The molecule has 1 saturated heterocycles. The first-order valence-electron chi connectivity index (χ1n) is 10.9. The van der Waals surface area contributed by atoms with Crippen molar-refractivity contribution in [2.45, 2.75) is 29.2 Å². The second-order valence-corrected chi connectivity index (χ2v) is 11.3. The van der Waals surface area contributed by atoms with Gasteiger partial charge in [-0.25, -0.2) is 8.42 Å². The molecule has 1 fully saturated rings. The molecule has 10 heteroatoms. The van der Waals surface area contributed by atoms with Gasteiger partial charge in [-0.15, -0.1) is 11.8 Å². The summed E-state index contributed by atoms with van der Waals surface area (Å²) in [5.74, 6) is -0.177. The maximum atomic E-state index is 13.4. The number of carbonyl (C=O) groups is 2. The van der Waals surface area contributed by atoms with Crippen LogP contribution in [0.3, 0.4) is 0 Å². The number of rotatable bonds is 4. The Morgan fingerprint density at radius 1 is 1.12 bits per heavy atom. The van der Waals surface area contributed by atoms with Gasteiger partial charge in [0.15, 0.2) is 0 Å². The number of ether oxygens (including phenoxy) is 1. The van der Waals surface area contributed by atoms with E-state index in [4.69, 9.17) is 4.74 Å². The number of fused-ring (bicyclic) bond motifs is 2. The molecule has 0 aromatic heterocycles. The van der Waals surface area contributed by atoms with E-state index >= 15 is 0 Å². The van der Waals surface area contributed by atoms with Gasteiger partial charge in [-0.05, 0) is 43.2 Å². The normalized spacial score (nSPS) is 21.1. The zero-order valence-corrected chi connectivity index (χ0v) is 19.9. The largest absolute Gasteiger partial charge is 0.379 e. The molecule has 0 aliphatic carbocycles. The lowest BCUT2D eigenvalue weighted by Gasteiger charge is -2.32. The molecule has 0 bridgehead atoms. The minimum Gasteiger partial charge on any atom is -0.379 e. The molecule has 0 N–H and O–H groups in total. The number of sulfonamides is 1. The van der Waals surface area contributed by atoms with Crippen molar-refractivity contribution in [3.63, 3.8) is 0 Å². The van der Waals surface area contributed by atoms with Gasteiger partial charge in [-0.3, -0.25) is 9.59 Å². The fraction of sp³-hybridized carbons (Fsp3) is 0.391. The summed E-state index contributed by atoms with van der Waals surface area (Å²) in [7, 11) is -3.72. The van der Waals surface area contributed by atoms with E-state index in [2.05, 4.69) is 0 Å². The van der Waals surface area contributed by atoms with Gasteiger partial charge < -0.3 is 14.5 Å². The maximum Gasteiger partial charge on any atom is 0.247 e. The SMILES string of the molecule is C[C@@H]1Cc2ccccc2N1C(=O)CN1C(=O)CSc2ccc(S(=O)(=O)N3CCOCC3)cc21. The zero-order chi connectivity index (χ0) is 23.2. The molecule has 2 aromatic carbocycles. The van der Waals surface area contributed by atoms with Crippen molar-refractivity contribution in [2.24, 2.45) is 0 Å². The third-order valence-electron chi connectivity index (χ3n) is 6.25. The van der Waals surface area contributed by atoms with E-state index < -0.39 is 10.0 Å². The highest BCUT2D eigenvalue weighted by Gasteiger charge is 2.35. The molecule has 0 radical (unpaired) electrons. The van der Waals surface area contributed by atoms with Gasteiger partial charge in [-0.2, -0.15) is 4.31 Å².